The molecule has 1 aromatic heterocycles. The molecule has 17 heteroatoms. The van der Waals surface area contributed by atoms with Crippen LogP contribution >= 0.6 is 15.0 Å². The molecule has 3 N–H and O–H groups in total. The Labute approximate surface area is 215 Å². The van der Waals surface area contributed by atoms with Crippen molar-refractivity contribution in [1.29, 1.82) is 0 Å². The number of aliphatic hydroxyl groups excluding tert-OH is 3. The van der Waals surface area contributed by atoms with Crippen molar-refractivity contribution >= 4 is 15.0 Å². The summed E-state index contributed by atoms with van der Waals surface area (Å²) < 4.78 is 28.4. The van der Waals surface area contributed by atoms with E-state index in [9.17, 15) is 39.1 Å². The Morgan fingerprint density at radius 3 is 2.19 bits per heavy atom. The minimum Gasteiger partial charge on any atom is -0.810 e. The number of hydrogen-bond acceptors (Lipinski definition) is 11. The fourth-order valence-electron chi connectivity index (χ4n) is 2.29. The quantitative estimate of drug-likeness (QED) is 0.280. The van der Waals surface area contributed by atoms with E-state index < -0.39 is 57.7 Å². The van der Waals surface area contributed by atoms with Gasteiger partial charge in [-0.15, -0.1) is 5.10 Å². The number of aromatic nitrogens is 3. The molecule has 0 radical (unpaired) electrons. The number of hydrogen-bond donors (Lipinski definition) is 3. The second-order valence-electron chi connectivity index (χ2n) is 5.17. The summed E-state index contributed by atoms with van der Waals surface area (Å²) in [7, 11) is -10.1. The molecule has 26 heavy (non-hydrogen) atoms. The average Bonchev–Trinajstić information content (AvgIpc) is 2.96. The van der Waals surface area contributed by atoms with Crippen LogP contribution in [0.25, 0.3) is 0 Å². The van der Waals surface area contributed by atoms with E-state index in [2.05, 4.69) is 10.3 Å². The molecule has 0 bridgehead atoms. The van der Waals surface area contributed by atoms with Gasteiger partial charge in [0, 0.05) is 25.6 Å². The molecule has 1 saturated heterocycles. The standard InChI is InChI=1S/C9H17N3O9P2.3Na/c13-5(3-22(16,17)4-23(18,19)20)8-6(14)7(15)9(21-8)12-2-1-10-11-12;;;/h1-2,5-9,13-15H,3-4H2,(H,16,17)(H2,18,19,20);;;/q;3*+1/p-3/t5?,6-,7+,8+,9+;;;/m0.../s1. The van der Waals surface area contributed by atoms with Crippen LogP contribution in [0.2, 0.25) is 0 Å². The van der Waals surface area contributed by atoms with Crippen LogP contribution < -0.4 is 103 Å². The van der Waals surface area contributed by atoms with Gasteiger partial charge < -0.3 is 43.9 Å². The van der Waals surface area contributed by atoms with Gasteiger partial charge in [-0.3, -0.25) is 0 Å². The van der Waals surface area contributed by atoms with E-state index in [1.807, 2.05) is 0 Å². The minimum atomic E-state index is -5.32. The monoisotopic (exact) mass is 439 g/mol. The number of ether oxygens (including phenoxy) is 1. The molecule has 1 aromatic rings. The third-order valence-corrected chi connectivity index (χ3v) is 7.25. The smallest absolute Gasteiger partial charge is 0.810 e. The van der Waals surface area contributed by atoms with Gasteiger partial charge >= 0.3 is 88.7 Å². The van der Waals surface area contributed by atoms with Gasteiger partial charge in [-0.25, -0.2) is 4.68 Å². The zero-order valence-electron chi connectivity index (χ0n) is 14.5. The maximum absolute atomic E-state index is 11.6. The van der Waals surface area contributed by atoms with E-state index >= 15 is 0 Å². The largest absolute Gasteiger partial charge is 1.00 e. The van der Waals surface area contributed by atoms with E-state index in [-0.39, 0.29) is 88.7 Å². The SMILES string of the molecule is O=P([O-])([O-])CP(=O)([O-])CC(O)[C@H]1O[C@@H](n2ccnn2)[C@H](O)[C@@H]1O.[Na+].[Na+].[Na+]. The molecule has 12 nitrogen and oxygen atoms in total. The van der Waals surface area contributed by atoms with Crippen LogP contribution in [0.3, 0.4) is 0 Å². The third kappa shape index (κ3) is 8.59. The molecule has 1 fully saturated rings. The van der Waals surface area contributed by atoms with E-state index in [0.29, 0.717) is 0 Å². The van der Waals surface area contributed by atoms with Crippen LogP contribution in [0.1, 0.15) is 6.23 Å². The van der Waals surface area contributed by atoms with Crippen molar-refractivity contribution in [2.75, 3.05) is 12.1 Å². The summed E-state index contributed by atoms with van der Waals surface area (Å²) >= 11 is 0. The summed E-state index contributed by atoms with van der Waals surface area (Å²) in [6.45, 7) is 0. The summed E-state index contributed by atoms with van der Waals surface area (Å²) in [4.78, 5) is 32.7. The van der Waals surface area contributed by atoms with Gasteiger partial charge in [0.2, 0.25) is 0 Å². The van der Waals surface area contributed by atoms with Crippen LogP contribution in [0.5, 0.6) is 0 Å². The minimum absolute atomic E-state index is 0. The fraction of sp³-hybridized carbons (Fsp3) is 0.778. The first-order valence-corrected chi connectivity index (χ1v) is 10.1. The summed E-state index contributed by atoms with van der Waals surface area (Å²) in [5.41, 5.74) is 0. The molecule has 0 saturated carbocycles. The molecule has 1 aliphatic heterocycles. The molecule has 132 valence electrons. The molecule has 0 amide bonds. The molecular weight excluding hydrogens is 425 g/mol. The molecular formula is C9H14N3Na3O9P2. The van der Waals surface area contributed by atoms with Crippen LogP contribution in [0, 0.1) is 0 Å². The fourth-order valence-corrected chi connectivity index (χ4v) is 5.64. The Morgan fingerprint density at radius 1 is 1.15 bits per heavy atom. The van der Waals surface area contributed by atoms with Crippen molar-refractivity contribution in [1.82, 2.24) is 15.0 Å². The zero-order valence-corrected chi connectivity index (χ0v) is 22.3. The number of rotatable bonds is 6. The van der Waals surface area contributed by atoms with Crippen molar-refractivity contribution in [2.24, 2.45) is 0 Å². The maximum atomic E-state index is 11.6. The molecule has 0 spiro atoms. The van der Waals surface area contributed by atoms with Crippen molar-refractivity contribution in [3.05, 3.63) is 12.4 Å². The Balaban J connectivity index is 0. The van der Waals surface area contributed by atoms with Gasteiger partial charge in [-0.2, -0.15) is 0 Å². The number of nitrogens with zero attached hydrogens (tertiary/aromatic N) is 3. The normalized spacial score (nSPS) is 28.8. The van der Waals surface area contributed by atoms with E-state index in [4.69, 9.17) is 4.74 Å². The summed E-state index contributed by atoms with van der Waals surface area (Å²) in [6, 6.07) is 0. The molecule has 1 aliphatic rings. The van der Waals surface area contributed by atoms with Crippen LogP contribution in [0.15, 0.2) is 12.4 Å². The second-order valence-corrected chi connectivity index (χ2v) is 9.52. The van der Waals surface area contributed by atoms with Gasteiger partial charge in [0.25, 0.3) is 0 Å². The first-order chi connectivity index (χ1) is 10.5. The first kappa shape index (κ1) is 30.5. The van der Waals surface area contributed by atoms with Crippen molar-refractivity contribution in [2.45, 2.75) is 30.6 Å². The molecule has 2 heterocycles. The zero-order chi connectivity index (χ0) is 17.4. The maximum Gasteiger partial charge on any atom is 1.00 e. The van der Waals surface area contributed by atoms with Gasteiger partial charge in [-0.05, 0) is 0 Å². The Kier molecular flexibility index (Phi) is 14.4. The molecule has 0 aromatic carbocycles. The predicted molar refractivity (Wildman–Crippen MR) is 66.9 cm³/mol. The Morgan fingerprint density at radius 2 is 1.73 bits per heavy atom. The molecule has 6 atom stereocenters. The van der Waals surface area contributed by atoms with E-state index in [1.165, 1.54) is 12.4 Å². The van der Waals surface area contributed by atoms with Gasteiger partial charge in [-0.1, -0.05) is 12.8 Å². The molecule has 0 aliphatic carbocycles. The predicted octanol–water partition coefficient (Wildman–Crippen LogP) is -13.2. The third-order valence-electron chi connectivity index (χ3n) is 3.21. The first-order valence-electron chi connectivity index (χ1n) is 6.36. The van der Waals surface area contributed by atoms with Crippen LogP contribution in [0.4, 0.5) is 0 Å². The van der Waals surface area contributed by atoms with Crippen molar-refractivity contribution in [3.8, 4) is 0 Å². The topological polar surface area (TPSA) is 204 Å². The summed E-state index contributed by atoms with van der Waals surface area (Å²) in [5, 5.41) is 36.6. The Hall–Kier alpha value is 2.32. The van der Waals surface area contributed by atoms with Gasteiger partial charge in [0.05, 0.1) is 12.3 Å². The molecule has 2 unspecified atom stereocenters. The van der Waals surface area contributed by atoms with E-state index in [1.54, 1.807) is 0 Å². The summed E-state index contributed by atoms with van der Waals surface area (Å²) in [6.07, 6.45) is -6.24. The van der Waals surface area contributed by atoms with E-state index in [0.717, 1.165) is 4.68 Å². The molecule has 2 rings (SSSR count). The van der Waals surface area contributed by atoms with Gasteiger partial charge in [0.15, 0.2) is 6.23 Å². The second kappa shape index (κ2) is 12.2. The number of aliphatic hydroxyl groups is 3. The van der Waals surface area contributed by atoms with Crippen molar-refractivity contribution in [3.63, 3.8) is 0 Å². The van der Waals surface area contributed by atoms with Crippen LogP contribution in [-0.2, 0) is 13.9 Å². The van der Waals surface area contributed by atoms with Crippen molar-refractivity contribution < 1.29 is 133 Å². The summed E-state index contributed by atoms with van der Waals surface area (Å²) in [5.74, 6) is -1.63. The van der Waals surface area contributed by atoms with Crippen LogP contribution in [-0.4, -0.2) is 66.8 Å². The van der Waals surface area contributed by atoms with Gasteiger partial charge in [0.1, 0.15) is 18.3 Å². The average molecular weight is 439 g/mol. The Bertz CT molecular complexity index is 633.